The van der Waals surface area contributed by atoms with Crippen molar-refractivity contribution in [3.8, 4) is 0 Å². The van der Waals surface area contributed by atoms with Crippen LogP contribution < -0.4 is 26.5 Å². The molecule has 0 amide bonds. The molecule has 5 aromatic rings. The lowest BCUT2D eigenvalue weighted by Gasteiger charge is -2.32. The second kappa shape index (κ2) is 12.1. The van der Waals surface area contributed by atoms with Crippen molar-refractivity contribution in [1.82, 2.24) is 0 Å². The van der Waals surface area contributed by atoms with Crippen molar-refractivity contribution in [1.29, 1.82) is 0 Å². The van der Waals surface area contributed by atoms with E-state index in [1.54, 1.807) is 0 Å². The molecule has 39 heavy (non-hydrogen) atoms. The van der Waals surface area contributed by atoms with Crippen LogP contribution in [0.3, 0.4) is 0 Å². The van der Waals surface area contributed by atoms with Crippen molar-refractivity contribution in [3.05, 3.63) is 169 Å². The van der Waals surface area contributed by atoms with Crippen molar-refractivity contribution in [2.75, 3.05) is 0 Å². The lowest BCUT2D eigenvalue weighted by atomic mass is 9.93. The Kier molecular flexibility index (Phi) is 7.97. The molecular formula is C37H32P2. The van der Waals surface area contributed by atoms with Gasteiger partial charge >= 0.3 is 0 Å². The third-order valence-corrected chi connectivity index (χ3v) is 12.8. The number of allylic oxidation sites excluding steroid dienone is 4. The molecule has 1 unspecified atom stereocenters. The zero-order chi connectivity index (χ0) is 26.4. The van der Waals surface area contributed by atoms with Gasteiger partial charge in [0.05, 0.1) is 0 Å². The largest absolute Gasteiger partial charge is 0.0763 e. The normalized spacial score (nSPS) is 15.5. The Morgan fingerprint density at radius 3 is 1.46 bits per heavy atom. The highest BCUT2D eigenvalue weighted by Crippen LogP contribution is 2.49. The second-order valence-corrected chi connectivity index (χ2v) is 14.6. The van der Waals surface area contributed by atoms with Crippen molar-refractivity contribution >= 4 is 47.9 Å². The number of benzene rings is 5. The van der Waals surface area contributed by atoms with E-state index in [4.69, 9.17) is 0 Å². The van der Waals surface area contributed by atoms with Gasteiger partial charge in [0.15, 0.2) is 0 Å². The Bertz CT molecular complexity index is 1480. The highest BCUT2D eigenvalue weighted by Gasteiger charge is 2.32. The Morgan fingerprint density at radius 2 is 0.949 bits per heavy atom. The first-order chi connectivity index (χ1) is 19.3. The van der Waals surface area contributed by atoms with Gasteiger partial charge in [0.2, 0.25) is 0 Å². The molecule has 0 N–H and O–H groups in total. The molecule has 1 aliphatic carbocycles. The predicted octanol–water partition coefficient (Wildman–Crippen LogP) is 7.54. The SMILES string of the molecule is C[C@@H](C1C=CC=C1c1ccccc1P(c1ccccc1)c1ccccc1)P(c1ccccc1)c1ccccc1. The highest BCUT2D eigenvalue weighted by atomic mass is 31.1. The summed E-state index contributed by atoms with van der Waals surface area (Å²) < 4.78 is 0. The number of hydrogen-bond donors (Lipinski definition) is 0. The number of hydrogen-bond acceptors (Lipinski definition) is 0. The predicted molar refractivity (Wildman–Crippen MR) is 174 cm³/mol. The fourth-order valence-corrected chi connectivity index (χ4v) is 10.9. The fourth-order valence-electron chi connectivity index (χ4n) is 5.63. The summed E-state index contributed by atoms with van der Waals surface area (Å²) in [6, 6.07) is 53.5. The first-order valence-electron chi connectivity index (χ1n) is 13.6. The second-order valence-electron chi connectivity index (χ2n) is 9.84. The molecular weight excluding hydrogens is 506 g/mol. The summed E-state index contributed by atoms with van der Waals surface area (Å²) in [6.45, 7) is 2.46. The van der Waals surface area contributed by atoms with E-state index in [1.165, 1.54) is 37.7 Å². The molecule has 0 saturated heterocycles. The smallest absolute Gasteiger partial charge is 0.00982 e. The van der Waals surface area contributed by atoms with E-state index in [0.717, 1.165) is 0 Å². The molecule has 2 heteroatoms. The van der Waals surface area contributed by atoms with Crippen LogP contribution in [0.15, 0.2) is 164 Å². The topological polar surface area (TPSA) is 0 Å². The van der Waals surface area contributed by atoms with Crippen LogP contribution in [0, 0.1) is 5.92 Å². The van der Waals surface area contributed by atoms with E-state index in [9.17, 15) is 0 Å². The molecule has 6 rings (SSSR count). The maximum Gasteiger partial charge on any atom is 0.00982 e. The summed E-state index contributed by atoms with van der Waals surface area (Å²) in [6.07, 6.45) is 7.09. The standard InChI is InChI=1S/C37H32P2/c1-29(38(30-17-6-2-7-18-30)31-19-8-3-9-20-31)34-26-16-27-35(34)36-25-14-15-28-37(36)39(32-21-10-4-11-22-32)33-23-12-5-13-24-33/h2-29,34H,1H3/t29-,34?/m0/s1. The van der Waals surface area contributed by atoms with Crippen molar-refractivity contribution < 1.29 is 0 Å². The summed E-state index contributed by atoms with van der Waals surface area (Å²) in [5, 5.41) is 7.09. The van der Waals surface area contributed by atoms with Crippen LogP contribution in [0.2, 0.25) is 0 Å². The lowest BCUT2D eigenvalue weighted by molar-refractivity contribution is 0.817. The summed E-state index contributed by atoms with van der Waals surface area (Å²) in [7, 11) is -1.23. The summed E-state index contributed by atoms with van der Waals surface area (Å²) >= 11 is 0. The van der Waals surface area contributed by atoms with Gasteiger partial charge in [-0.3, -0.25) is 0 Å². The fraction of sp³-hybridized carbons (Fsp3) is 0.0811. The third-order valence-electron chi connectivity index (χ3n) is 7.43. The molecule has 0 aliphatic heterocycles. The van der Waals surface area contributed by atoms with Gasteiger partial charge in [-0.2, -0.15) is 0 Å². The van der Waals surface area contributed by atoms with Crippen LogP contribution in [0.1, 0.15) is 12.5 Å². The van der Waals surface area contributed by atoms with E-state index in [0.29, 0.717) is 11.6 Å². The Balaban J connectivity index is 1.43. The average Bonchev–Trinajstić information content (AvgIpc) is 3.50. The maximum atomic E-state index is 2.46. The first kappa shape index (κ1) is 25.7. The van der Waals surface area contributed by atoms with Crippen molar-refractivity contribution in [3.63, 3.8) is 0 Å². The first-order valence-corrected chi connectivity index (χ1v) is 16.3. The van der Waals surface area contributed by atoms with Crippen molar-refractivity contribution in [2.45, 2.75) is 12.6 Å². The molecule has 5 aromatic carbocycles. The van der Waals surface area contributed by atoms with E-state index in [-0.39, 0.29) is 0 Å². The molecule has 0 saturated carbocycles. The molecule has 0 bridgehead atoms. The van der Waals surface area contributed by atoms with E-state index in [2.05, 4.69) is 171 Å². The molecule has 1 aliphatic rings. The minimum absolute atomic E-state index is 0.348. The molecule has 0 aromatic heterocycles. The summed E-state index contributed by atoms with van der Waals surface area (Å²) in [5.74, 6) is 0.348. The van der Waals surface area contributed by atoms with Gasteiger partial charge in [-0.15, -0.1) is 0 Å². The molecule has 2 atom stereocenters. The molecule has 0 fully saturated rings. The van der Waals surface area contributed by atoms with E-state index >= 15 is 0 Å². The van der Waals surface area contributed by atoms with Gasteiger partial charge in [0, 0.05) is 5.92 Å². The minimum atomic E-state index is -0.688. The van der Waals surface area contributed by atoms with Crippen LogP contribution in [0.5, 0.6) is 0 Å². The van der Waals surface area contributed by atoms with Crippen LogP contribution >= 0.6 is 15.8 Å². The quantitative estimate of drug-likeness (QED) is 0.179. The van der Waals surface area contributed by atoms with E-state index in [1.807, 2.05) is 0 Å². The van der Waals surface area contributed by atoms with Crippen LogP contribution in [0.25, 0.3) is 5.57 Å². The minimum Gasteiger partial charge on any atom is -0.0763 e. The Labute approximate surface area is 235 Å². The third kappa shape index (κ3) is 5.46. The zero-order valence-corrected chi connectivity index (χ0v) is 23.9. The van der Waals surface area contributed by atoms with Gasteiger partial charge < -0.3 is 0 Å². The monoisotopic (exact) mass is 538 g/mol. The van der Waals surface area contributed by atoms with Gasteiger partial charge in [-0.25, -0.2) is 0 Å². The molecule has 0 radical (unpaired) electrons. The van der Waals surface area contributed by atoms with Gasteiger partial charge in [0.1, 0.15) is 0 Å². The molecule has 0 nitrogen and oxygen atoms in total. The summed E-state index contributed by atoms with van der Waals surface area (Å²) in [5.41, 5.74) is 3.27. The zero-order valence-electron chi connectivity index (χ0n) is 22.1. The number of rotatable bonds is 8. The van der Waals surface area contributed by atoms with Gasteiger partial charge in [-0.05, 0) is 59.2 Å². The average molecular weight is 539 g/mol. The van der Waals surface area contributed by atoms with E-state index < -0.39 is 15.8 Å². The summed E-state index contributed by atoms with van der Waals surface area (Å²) in [4.78, 5) is 0. The molecule has 0 heterocycles. The van der Waals surface area contributed by atoms with Gasteiger partial charge in [0.25, 0.3) is 0 Å². The van der Waals surface area contributed by atoms with Crippen LogP contribution in [-0.4, -0.2) is 5.66 Å². The Hall–Kier alpha value is -3.56. The molecule has 190 valence electrons. The lowest BCUT2D eigenvalue weighted by Crippen LogP contribution is -2.27. The van der Waals surface area contributed by atoms with Crippen LogP contribution in [-0.2, 0) is 0 Å². The van der Waals surface area contributed by atoms with Crippen LogP contribution in [0.4, 0.5) is 0 Å². The maximum absolute atomic E-state index is 2.46. The highest BCUT2D eigenvalue weighted by molar-refractivity contribution is 7.80. The Morgan fingerprint density at radius 1 is 0.513 bits per heavy atom. The van der Waals surface area contributed by atoms with Crippen molar-refractivity contribution in [2.24, 2.45) is 5.92 Å². The molecule has 0 spiro atoms. The van der Waals surface area contributed by atoms with Gasteiger partial charge in [-0.1, -0.05) is 171 Å².